The molecular formula is C31H23N5O6. The van der Waals surface area contributed by atoms with Crippen molar-refractivity contribution >= 4 is 57.0 Å². The molecule has 5 aromatic carbocycles. The van der Waals surface area contributed by atoms with Gasteiger partial charge < -0.3 is 15.7 Å². The Kier molecular flexibility index (Phi) is 7.56. The number of para-hydroxylation sites is 1. The van der Waals surface area contributed by atoms with Gasteiger partial charge in [0.15, 0.2) is 0 Å². The molecule has 0 atom stereocenters. The average molecular weight is 562 g/mol. The summed E-state index contributed by atoms with van der Waals surface area (Å²) in [5.41, 5.74) is 1.96. The molecule has 0 bridgehead atoms. The van der Waals surface area contributed by atoms with E-state index in [1.165, 1.54) is 18.3 Å². The largest absolute Gasteiger partial charge is 0.506 e. The van der Waals surface area contributed by atoms with E-state index in [1.807, 2.05) is 37.3 Å². The van der Waals surface area contributed by atoms with Crippen molar-refractivity contribution in [1.29, 1.82) is 0 Å². The number of phenolic OH excluding ortho intramolecular Hbond substituents is 1. The number of phenols is 1. The molecule has 1 amide bonds. The summed E-state index contributed by atoms with van der Waals surface area (Å²) in [5, 5.41) is 41.0. The molecule has 0 aliphatic heterocycles. The molecule has 0 saturated heterocycles. The summed E-state index contributed by atoms with van der Waals surface area (Å²) in [6.07, 6.45) is 1.47. The predicted octanol–water partition coefficient (Wildman–Crippen LogP) is 7.42. The molecule has 0 fully saturated rings. The van der Waals surface area contributed by atoms with Gasteiger partial charge in [0, 0.05) is 29.2 Å². The maximum atomic E-state index is 13.1. The highest BCUT2D eigenvalue weighted by Gasteiger charge is 2.20. The number of nitrogens with zero attached hydrogens (tertiary/aromatic N) is 3. The minimum atomic E-state index is -0.700. The number of aromatic hydroxyl groups is 1. The fraction of sp³-hybridized carbons (Fsp3) is 0.0323. The maximum absolute atomic E-state index is 13.1. The minimum Gasteiger partial charge on any atom is -0.506 e. The molecule has 0 heterocycles. The molecule has 0 aliphatic rings. The van der Waals surface area contributed by atoms with Crippen molar-refractivity contribution < 1.29 is 19.7 Å². The van der Waals surface area contributed by atoms with E-state index in [-0.39, 0.29) is 17.0 Å². The van der Waals surface area contributed by atoms with E-state index in [2.05, 4.69) is 15.6 Å². The number of hydrogen-bond donors (Lipinski definition) is 3. The molecule has 11 heteroatoms. The second kappa shape index (κ2) is 11.6. The Balaban J connectivity index is 1.50. The number of fused-ring (bicyclic) bond motifs is 1. The lowest BCUT2D eigenvalue weighted by atomic mass is 9.99. The number of rotatable bonds is 8. The first-order valence-corrected chi connectivity index (χ1v) is 12.7. The Morgan fingerprint density at radius 1 is 0.857 bits per heavy atom. The standard InChI is InChI=1S/C31H23N5O6/c1-19-11-12-22(33-27-14-13-23(35(39)40)17-29(27)36(41)42)16-28(19)32-18-26-24-10-6-5-7-20(24)15-25(30(26)37)31(38)34-21-8-3-2-4-9-21/h2-18,33,37H,1H3,(H,34,38)/b32-18-. The topological polar surface area (TPSA) is 160 Å². The van der Waals surface area contributed by atoms with Crippen LogP contribution in [0.4, 0.5) is 34.1 Å². The number of nitro benzene ring substituents is 2. The van der Waals surface area contributed by atoms with Crippen molar-refractivity contribution in [1.82, 2.24) is 0 Å². The summed E-state index contributed by atoms with van der Waals surface area (Å²) >= 11 is 0. The van der Waals surface area contributed by atoms with Crippen LogP contribution in [0.3, 0.4) is 0 Å². The molecule has 0 radical (unpaired) electrons. The molecule has 11 nitrogen and oxygen atoms in total. The first-order chi connectivity index (χ1) is 20.2. The molecule has 0 spiro atoms. The minimum absolute atomic E-state index is 0.0742. The van der Waals surface area contributed by atoms with Crippen LogP contribution in [0, 0.1) is 27.2 Å². The van der Waals surface area contributed by atoms with Crippen molar-refractivity contribution in [2.24, 2.45) is 4.99 Å². The smallest absolute Gasteiger partial charge is 0.299 e. The summed E-state index contributed by atoms with van der Waals surface area (Å²) in [5.74, 6) is -0.717. The molecule has 42 heavy (non-hydrogen) atoms. The number of nitrogens with one attached hydrogen (secondary N) is 2. The Hall–Kier alpha value is -6.10. The van der Waals surface area contributed by atoms with Crippen molar-refractivity contribution in [3.05, 3.63) is 134 Å². The van der Waals surface area contributed by atoms with E-state index >= 15 is 0 Å². The fourth-order valence-electron chi connectivity index (χ4n) is 4.39. The highest BCUT2D eigenvalue weighted by molar-refractivity contribution is 6.13. The van der Waals surface area contributed by atoms with Crippen molar-refractivity contribution in [3.63, 3.8) is 0 Å². The van der Waals surface area contributed by atoms with Gasteiger partial charge in [0.1, 0.15) is 11.4 Å². The van der Waals surface area contributed by atoms with Gasteiger partial charge in [0.05, 0.1) is 27.2 Å². The summed E-state index contributed by atoms with van der Waals surface area (Å²) in [6.45, 7) is 1.83. The van der Waals surface area contributed by atoms with Crippen LogP contribution in [0.5, 0.6) is 5.75 Å². The van der Waals surface area contributed by atoms with Gasteiger partial charge in [-0.25, -0.2) is 0 Å². The van der Waals surface area contributed by atoms with Crippen LogP contribution < -0.4 is 10.6 Å². The molecule has 0 saturated carbocycles. The van der Waals surface area contributed by atoms with Gasteiger partial charge in [-0.2, -0.15) is 0 Å². The number of benzene rings is 5. The average Bonchev–Trinajstić information content (AvgIpc) is 2.98. The van der Waals surface area contributed by atoms with Gasteiger partial charge >= 0.3 is 0 Å². The van der Waals surface area contributed by atoms with Crippen LogP contribution in [0.25, 0.3) is 10.8 Å². The highest BCUT2D eigenvalue weighted by atomic mass is 16.6. The molecule has 3 N–H and O–H groups in total. The van der Waals surface area contributed by atoms with Gasteiger partial charge in [-0.05, 0) is 59.7 Å². The number of anilines is 3. The summed E-state index contributed by atoms with van der Waals surface area (Å²) < 4.78 is 0. The van der Waals surface area contributed by atoms with E-state index in [1.54, 1.807) is 48.5 Å². The highest BCUT2D eigenvalue weighted by Crippen LogP contribution is 2.34. The molecule has 0 unspecified atom stereocenters. The third-order valence-electron chi connectivity index (χ3n) is 6.55. The van der Waals surface area contributed by atoms with Gasteiger partial charge in [0.2, 0.25) is 0 Å². The number of hydrogen-bond acceptors (Lipinski definition) is 8. The van der Waals surface area contributed by atoms with Crippen molar-refractivity contribution in [2.45, 2.75) is 6.92 Å². The summed E-state index contributed by atoms with van der Waals surface area (Å²) in [6, 6.07) is 26.3. The van der Waals surface area contributed by atoms with Gasteiger partial charge in [-0.15, -0.1) is 0 Å². The van der Waals surface area contributed by atoms with Crippen LogP contribution >= 0.6 is 0 Å². The SMILES string of the molecule is Cc1ccc(Nc2ccc([N+](=O)[O-])cc2[N+](=O)[O-])cc1/N=C\c1c(O)c(C(=O)Nc2ccccc2)cc2ccccc12. The number of carbonyl (C=O) groups is 1. The lowest BCUT2D eigenvalue weighted by Crippen LogP contribution is -2.12. The van der Waals surface area contributed by atoms with Gasteiger partial charge in [-0.1, -0.05) is 48.5 Å². The second-order valence-corrected chi connectivity index (χ2v) is 9.33. The van der Waals surface area contributed by atoms with Gasteiger partial charge in [0.25, 0.3) is 17.3 Å². The number of aliphatic imine (C=N–C) groups is 1. The number of aryl methyl sites for hydroxylation is 1. The number of carbonyl (C=O) groups excluding carboxylic acids is 1. The third-order valence-corrected chi connectivity index (χ3v) is 6.55. The van der Waals surface area contributed by atoms with Crippen LogP contribution in [0.2, 0.25) is 0 Å². The number of non-ortho nitro benzene ring substituents is 1. The second-order valence-electron chi connectivity index (χ2n) is 9.33. The molecule has 0 aromatic heterocycles. The maximum Gasteiger partial charge on any atom is 0.299 e. The van der Waals surface area contributed by atoms with E-state index in [0.29, 0.717) is 28.0 Å². The number of nitro groups is 2. The summed E-state index contributed by atoms with van der Waals surface area (Å²) in [7, 11) is 0. The zero-order valence-electron chi connectivity index (χ0n) is 22.1. The molecule has 5 aromatic rings. The lowest BCUT2D eigenvalue weighted by Gasteiger charge is -2.12. The lowest BCUT2D eigenvalue weighted by molar-refractivity contribution is -0.393. The number of amides is 1. The van der Waals surface area contributed by atoms with Crippen LogP contribution in [0.1, 0.15) is 21.5 Å². The van der Waals surface area contributed by atoms with Crippen LogP contribution in [0.15, 0.2) is 102 Å². The van der Waals surface area contributed by atoms with Gasteiger partial charge in [-0.3, -0.25) is 30.0 Å². The Morgan fingerprint density at radius 3 is 2.33 bits per heavy atom. The van der Waals surface area contributed by atoms with E-state index < -0.39 is 27.1 Å². The summed E-state index contributed by atoms with van der Waals surface area (Å²) in [4.78, 5) is 38.9. The fourth-order valence-corrected chi connectivity index (χ4v) is 4.39. The zero-order chi connectivity index (χ0) is 29.8. The van der Waals surface area contributed by atoms with E-state index in [4.69, 9.17) is 0 Å². The molecule has 0 aliphatic carbocycles. The van der Waals surface area contributed by atoms with Crippen LogP contribution in [-0.2, 0) is 0 Å². The zero-order valence-corrected chi connectivity index (χ0v) is 22.1. The molecule has 208 valence electrons. The molecular weight excluding hydrogens is 538 g/mol. The van der Waals surface area contributed by atoms with Crippen LogP contribution in [-0.4, -0.2) is 27.1 Å². The Labute approximate surface area is 239 Å². The van der Waals surface area contributed by atoms with E-state index in [0.717, 1.165) is 17.0 Å². The van der Waals surface area contributed by atoms with Crippen molar-refractivity contribution in [2.75, 3.05) is 10.6 Å². The third kappa shape index (κ3) is 5.75. The Morgan fingerprint density at radius 2 is 1.60 bits per heavy atom. The predicted molar refractivity (Wildman–Crippen MR) is 161 cm³/mol. The van der Waals surface area contributed by atoms with E-state index in [9.17, 15) is 30.1 Å². The normalized spacial score (nSPS) is 11.0. The van der Waals surface area contributed by atoms with Crippen molar-refractivity contribution in [3.8, 4) is 5.75 Å². The Bertz CT molecular complexity index is 1890. The first-order valence-electron chi connectivity index (χ1n) is 12.7. The first kappa shape index (κ1) is 27.5. The quantitative estimate of drug-likeness (QED) is 0.101. The molecule has 5 rings (SSSR count). The monoisotopic (exact) mass is 561 g/mol.